The first kappa shape index (κ1) is 41.5. The van der Waals surface area contributed by atoms with Crippen LogP contribution >= 0.6 is 0 Å². The zero-order valence-corrected chi connectivity index (χ0v) is 39.4. The number of hydrogen-bond donors (Lipinski definition) is 0. The molecule has 0 aliphatic heterocycles. The molecule has 9 aromatic carbocycles. The maximum absolute atomic E-state index is 2.70. The molecule has 0 amide bonds. The Kier molecular flexibility index (Phi) is 9.98. The topological polar surface area (TPSA) is 3.24 Å². The lowest BCUT2D eigenvalue weighted by Crippen LogP contribution is -2.35. The Balaban J connectivity index is 0.934. The normalized spacial score (nSPS) is 16.3. The van der Waals surface area contributed by atoms with Crippen LogP contribution in [-0.4, -0.2) is 0 Å². The fraction of sp³-hybridized carbons (Fsp3) is 0.212. The number of hydrogen-bond acceptors (Lipinski definition) is 1. The van der Waals surface area contributed by atoms with Crippen LogP contribution in [0.25, 0.3) is 66.4 Å². The van der Waals surface area contributed by atoms with Gasteiger partial charge in [0.1, 0.15) is 0 Å². The number of rotatable bonds is 7. The first-order valence-corrected chi connectivity index (χ1v) is 24.7. The second-order valence-corrected chi connectivity index (χ2v) is 21.1. The summed E-state index contributed by atoms with van der Waals surface area (Å²) in [4.78, 5) is 2.43. The molecule has 1 saturated carbocycles. The fourth-order valence-corrected chi connectivity index (χ4v) is 12.3. The minimum atomic E-state index is 0.0880. The summed E-state index contributed by atoms with van der Waals surface area (Å²) in [6.45, 7) is 9.90. The Morgan fingerprint density at radius 3 is 1.64 bits per heavy atom. The molecule has 0 unspecified atom stereocenters. The lowest BCUT2D eigenvalue weighted by atomic mass is 9.61. The summed E-state index contributed by atoms with van der Waals surface area (Å²) in [5.41, 5.74) is 22.9. The zero-order valence-electron chi connectivity index (χ0n) is 39.4. The summed E-state index contributed by atoms with van der Waals surface area (Å²) < 4.78 is 0. The molecule has 0 N–H and O–H groups in total. The molecule has 0 aromatic heterocycles. The molecule has 12 rings (SSSR count). The maximum atomic E-state index is 2.70. The van der Waals surface area contributed by atoms with Gasteiger partial charge >= 0.3 is 0 Å². The van der Waals surface area contributed by atoms with E-state index in [1.807, 2.05) is 0 Å². The first-order valence-electron chi connectivity index (χ1n) is 24.7. The zero-order chi connectivity index (χ0) is 45.3. The van der Waals surface area contributed by atoms with Crippen LogP contribution in [0.15, 0.2) is 200 Å². The molecule has 67 heavy (non-hydrogen) atoms. The fourth-order valence-electron chi connectivity index (χ4n) is 12.3. The molecule has 9 aromatic rings. The predicted molar refractivity (Wildman–Crippen MR) is 285 cm³/mol. The summed E-state index contributed by atoms with van der Waals surface area (Å²) >= 11 is 0. The molecule has 0 saturated heterocycles. The van der Waals surface area contributed by atoms with Gasteiger partial charge < -0.3 is 4.90 Å². The Bertz CT molecular complexity index is 3320. The molecule has 1 heteroatoms. The summed E-state index contributed by atoms with van der Waals surface area (Å²) in [5.74, 6) is 0. The monoisotopic (exact) mass is 865 g/mol. The Morgan fingerprint density at radius 1 is 0.313 bits per heavy atom. The molecule has 1 nitrogen and oxygen atoms in total. The van der Waals surface area contributed by atoms with Crippen molar-refractivity contribution in [3.8, 4) is 55.6 Å². The van der Waals surface area contributed by atoms with Crippen molar-refractivity contribution < 1.29 is 0 Å². The second kappa shape index (κ2) is 16.1. The van der Waals surface area contributed by atoms with E-state index in [0.29, 0.717) is 0 Å². The van der Waals surface area contributed by atoms with Crippen LogP contribution in [0.3, 0.4) is 0 Å². The number of anilines is 3. The van der Waals surface area contributed by atoms with Gasteiger partial charge in [-0.05, 0) is 174 Å². The van der Waals surface area contributed by atoms with Crippen LogP contribution in [0.2, 0.25) is 0 Å². The average Bonchev–Trinajstić information content (AvgIpc) is 3.62. The molecule has 328 valence electrons. The molecule has 3 aliphatic rings. The van der Waals surface area contributed by atoms with E-state index < -0.39 is 0 Å². The molecular weight excluding hydrogens is 807 g/mol. The number of para-hydroxylation sites is 1. The van der Waals surface area contributed by atoms with E-state index in [1.54, 1.807) is 22.3 Å². The van der Waals surface area contributed by atoms with Crippen molar-refractivity contribution in [2.45, 2.75) is 88.9 Å². The van der Waals surface area contributed by atoms with Gasteiger partial charge in [-0.25, -0.2) is 0 Å². The lowest BCUT2D eigenvalue weighted by Gasteiger charge is -2.43. The Hall–Kier alpha value is -6.96. The molecule has 0 heterocycles. The van der Waals surface area contributed by atoms with Crippen LogP contribution in [0, 0.1) is 0 Å². The van der Waals surface area contributed by atoms with Gasteiger partial charge in [-0.2, -0.15) is 0 Å². The van der Waals surface area contributed by atoms with E-state index in [4.69, 9.17) is 0 Å². The van der Waals surface area contributed by atoms with Crippen molar-refractivity contribution in [1.29, 1.82) is 0 Å². The minimum absolute atomic E-state index is 0.0880. The van der Waals surface area contributed by atoms with Crippen molar-refractivity contribution in [2.75, 3.05) is 4.90 Å². The van der Waals surface area contributed by atoms with E-state index in [9.17, 15) is 0 Å². The third-order valence-corrected chi connectivity index (χ3v) is 16.1. The second-order valence-electron chi connectivity index (χ2n) is 21.1. The molecule has 1 spiro atoms. The highest BCUT2D eigenvalue weighted by Gasteiger charge is 2.47. The Morgan fingerprint density at radius 2 is 0.881 bits per heavy atom. The number of nitrogens with zero attached hydrogens (tertiary/aromatic N) is 1. The van der Waals surface area contributed by atoms with Gasteiger partial charge in [0.05, 0.1) is 5.69 Å². The third kappa shape index (κ3) is 7.14. The van der Waals surface area contributed by atoms with E-state index >= 15 is 0 Å². The van der Waals surface area contributed by atoms with Gasteiger partial charge in [-0.1, -0.05) is 193 Å². The van der Waals surface area contributed by atoms with Crippen LogP contribution in [0.1, 0.15) is 94.9 Å². The van der Waals surface area contributed by atoms with Gasteiger partial charge in [0, 0.05) is 22.4 Å². The number of benzene rings is 9. The SMILES string of the molecule is CC1(C)CCC(C)(C)c2cc3c(cc21)-c1ccc(-c2cccc(-c4cccc(N(c5ccc(-c6ccc7ccccc7c6)cc5)c5ccccc5-c5ccccc5)c4)c2)cc1C31CCCCC1. The summed E-state index contributed by atoms with van der Waals surface area (Å²) in [6.07, 6.45) is 8.88. The first-order chi connectivity index (χ1) is 32.6. The van der Waals surface area contributed by atoms with E-state index in [0.717, 1.165) is 17.1 Å². The van der Waals surface area contributed by atoms with E-state index in [2.05, 4.69) is 233 Å². The van der Waals surface area contributed by atoms with Crippen molar-refractivity contribution in [1.82, 2.24) is 0 Å². The highest BCUT2D eigenvalue weighted by molar-refractivity contribution is 5.92. The molecule has 0 atom stereocenters. The van der Waals surface area contributed by atoms with E-state index in [-0.39, 0.29) is 16.2 Å². The summed E-state index contributed by atoms with van der Waals surface area (Å²) in [6, 6.07) is 75.3. The predicted octanol–water partition coefficient (Wildman–Crippen LogP) is 18.6. The van der Waals surface area contributed by atoms with Crippen LogP contribution < -0.4 is 4.90 Å². The molecule has 1 fully saturated rings. The summed E-state index contributed by atoms with van der Waals surface area (Å²) in [5, 5.41) is 2.51. The number of fused-ring (bicyclic) bond motifs is 7. The average molecular weight is 866 g/mol. The van der Waals surface area contributed by atoms with Gasteiger partial charge in [-0.15, -0.1) is 0 Å². The van der Waals surface area contributed by atoms with Gasteiger partial charge in [0.2, 0.25) is 0 Å². The van der Waals surface area contributed by atoms with Crippen LogP contribution in [0.4, 0.5) is 17.1 Å². The highest BCUT2D eigenvalue weighted by Crippen LogP contribution is 2.59. The minimum Gasteiger partial charge on any atom is -0.310 e. The maximum Gasteiger partial charge on any atom is 0.0540 e. The van der Waals surface area contributed by atoms with Crippen molar-refractivity contribution >= 4 is 27.8 Å². The van der Waals surface area contributed by atoms with Crippen molar-refractivity contribution in [2.24, 2.45) is 0 Å². The third-order valence-electron chi connectivity index (χ3n) is 16.1. The van der Waals surface area contributed by atoms with Crippen molar-refractivity contribution in [3.63, 3.8) is 0 Å². The van der Waals surface area contributed by atoms with Gasteiger partial charge in [-0.3, -0.25) is 0 Å². The van der Waals surface area contributed by atoms with Gasteiger partial charge in [0.15, 0.2) is 0 Å². The standard InChI is InChI=1S/C66H59N/c1-64(2)37-38-65(3,4)62-44-60-58(43-61(62)64)57-34-31-53(42-59(57)66(60)35-13-6-14-36-66)50-22-15-21-49(40-50)51-23-16-24-55(41-51)67(63-26-12-11-25-56(63)47-18-7-5-8-19-47)54-32-29-46(30-33-54)52-28-27-45-17-9-10-20-48(45)39-52/h5,7-12,15-34,39-44H,6,13-14,35-38H2,1-4H3. The summed E-state index contributed by atoms with van der Waals surface area (Å²) in [7, 11) is 0. The molecular formula is C66H59N. The molecule has 0 bridgehead atoms. The lowest BCUT2D eigenvalue weighted by molar-refractivity contribution is 0.327. The molecule has 0 radical (unpaired) electrons. The smallest absolute Gasteiger partial charge is 0.0540 e. The molecule has 3 aliphatic carbocycles. The van der Waals surface area contributed by atoms with Crippen LogP contribution in [-0.2, 0) is 16.2 Å². The Labute approximate surface area is 397 Å². The highest BCUT2D eigenvalue weighted by atomic mass is 15.1. The van der Waals surface area contributed by atoms with Gasteiger partial charge in [0.25, 0.3) is 0 Å². The van der Waals surface area contributed by atoms with Crippen molar-refractivity contribution in [3.05, 3.63) is 222 Å². The quantitative estimate of drug-likeness (QED) is 0.154. The largest absolute Gasteiger partial charge is 0.310 e. The van der Waals surface area contributed by atoms with Crippen LogP contribution in [0.5, 0.6) is 0 Å². The van der Waals surface area contributed by atoms with E-state index in [1.165, 1.54) is 111 Å².